The molecule has 1 saturated carbocycles. The van der Waals surface area contributed by atoms with Crippen LogP contribution >= 0.6 is 23.2 Å². The number of carbonyl (C=O) groups is 2. The van der Waals surface area contributed by atoms with E-state index in [1.54, 1.807) is 30.3 Å². The Balaban J connectivity index is 1.75. The maximum Gasteiger partial charge on any atom is 0.416 e. The number of halogens is 5. The van der Waals surface area contributed by atoms with Crippen LogP contribution in [0, 0.1) is 0 Å². The van der Waals surface area contributed by atoms with Crippen LogP contribution in [0.5, 0.6) is 0 Å². The van der Waals surface area contributed by atoms with Gasteiger partial charge in [0.15, 0.2) is 0 Å². The normalized spacial score (nSPS) is 14.7. The van der Waals surface area contributed by atoms with Gasteiger partial charge in [-0.3, -0.25) is 13.9 Å². The number of alkyl halides is 3. The van der Waals surface area contributed by atoms with Crippen LogP contribution in [0.25, 0.3) is 0 Å². The first-order chi connectivity index (χ1) is 20.3. The number of amides is 2. The molecule has 1 N–H and O–H groups in total. The Labute approximate surface area is 258 Å². The van der Waals surface area contributed by atoms with Gasteiger partial charge in [-0.15, -0.1) is 0 Å². The highest BCUT2D eigenvalue weighted by Crippen LogP contribution is 2.37. The molecule has 2 amide bonds. The number of hydrogen-bond acceptors (Lipinski definition) is 4. The third kappa shape index (κ3) is 8.01. The quantitative estimate of drug-likeness (QED) is 0.264. The lowest BCUT2D eigenvalue weighted by atomic mass is 10.1. The van der Waals surface area contributed by atoms with Gasteiger partial charge in [0.2, 0.25) is 11.8 Å². The van der Waals surface area contributed by atoms with E-state index >= 15 is 0 Å². The van der Waals surface area contributed by atoms with Gasteiger partial charge in [-0.1, -0.05) is 66.4 Å². The molecule has 3 aromatic rings. The van der Waals surface area contributed by atoms with Gasteiger partial charge in [0.1, 0.15) is 12.6 Å². The second-order valence-corrected chi connectivity index (χ2v) is 13.0. The summed E-state index contributed by atoms with van der Waals surface area (Å²) in [5.41, 5.74) is -1.06. The Morgan fingerprint density at radius 2 is 1.60 bits per heavy atom. The van der Waals surface area contributed by atoms with Crippen molar-refractivity contribution in [1.82, 2.24) is 10.2 Å². The molecule has 1 aliphatic carbocycles. The molecular formula is C30H30Cl2F3N3O4S. The minimum atomic E-state index is -4.81. The highest BCUT2D eigenvalue weighted by atomic mass is 35.5. The van der Waals surface area contributed by atoms with E-state index in [9.17, 15) is 31.2 Å². The molecule has 1 atom stereocenters. The van der Waals surface area contributed by atoms with Crippen LogP contribution in [0.2, 0.25) is 10.0 Å². The van der Waals surface area contributed by atoms with Crippen LogP contribution in [0.15, 0.2) is 77.7 Å². The molecule has 0 radical (unpaired) electrons. The summed E-state index contributed by atoms with van der Waals surface area (Å²) in [7, 11) is -4.59. The van der Waals surface area contributed by atoms with Gasteiger partial charge in [-0.2, -0.15) is 13.2 Å². The maximum absolute atomic E-state index is 14.0. The molecule has 13 heteroatoms. The van der Waals surface area contributed by atoms with Crippen molar-refractivity contribution in [3.8, 4) is 0 Å². The molecule has 0 heterocycles. The summed E-state index contributed by atoms with van der Waals surface area (Å²) < 4.78 is 69.3. The first-order valence-electron chi connectivity index (χ1n) is 13.6. The number of rotatable bonds is 10. The van der Waals surface area contributed by atoms with E-state index in [2.05, 4.69) is 5.32 Å². The average molecular weight is 657 g/mol. The Kier molecular flexibility index (Phi) is 10.3. The summed E-state index contributed by atoms with van der Waals surface area (Å²) in [5.74, 6) is -1.25. The highest BCUT2D eigenvalue weighted by molar-refractivity contribution is 7.92. The Morgan fingerprint density at radius 3 is 2.21 bits per heavy atom. The van der Waals surface area contributed by atoms with Crippen molar-refractivity contribution in [2.24, 2.45) is 0 Å². The third-order valence-electron chi connectivity index (χ3n) is 7.29. The molecule has 0 bridgehead atoms. The van der Waals surface area contributed by atoms with E-state index in [0.717, 1.165) is 37.8 Å². The lowest BCUT2D eigenvalue weighted by Gasteiger charge is -2.33. The Morgan fingerprint density at radius 1 is 0.977 bits per heavy atom. The predicted molar refractivity (Wildman–Crippen MR) is 159 cm³/mol. The average Bonchev–Trinajstić information content (AvgIpc) is 3.48. The Hall–Kier alpha value is -3.28. The number of sulfonamides is 1. The van der Waals surface area contributed by atoms with E-state index in [1.165, 1.54) is 36.1 Å². The van der Waals surface area contributed by atoms with Crippen molar-refractivity contribution < 1.29 is 31.2 Å². The molecule has 1 fully saturated rings. The van der Waals surface area contributed by atoms with Crippen LogP contribution in [-0.4, -0.2) is 43.8 Å². The zero-order valence-electron chi connectivity index (χ0n) is 23.2. The lowest BCUT2D eigenvalue weighted by Crippen LogP contribution is -2.52. The molecular weight excluding hydrogens is 626 g/mol. The molecule has 0 spiro atoms. The molecule has 7 nitrogen and oxygen atoms in total. The molecule has 230 valence electrons. The fourth-order valence-electron chi connectivity index (χ4n) is 4.87. The minimum Gasteiger partial charge on any atom is -0.352 e. The number of carbonyl (C=O) groups excluding carboxylic acids is 2. The van der Waals surface area contributed by atoms with E-state index in [-0.39, 0.29) is 22.5 Å². The van der Waals surface area contributed by atoms with Gasteiger partial charge < -0.3 is 10.2 Å². The molecule has 43 heavy (non-hydrogen) atoms. The molecule has 4 rings (SSSR count). The van der Waals surface area contributed by atoms with Gasteiger partial charge in [0.05, 0.1) is 21.2 Å². The first-order valence-corrected chi connectivity index (χ1v) is 15.8. The topological polar surface area (TPSA) is 86.8 Å². The van der Waals surface area contributed by atoms with Crippen LogP contribution < -0.4 is 9.62 Å². The van der Waals surface area contributed by atoms with E-state index in [1.807, 2.05) is 0 Å². The van der Waals surface area contributed by atoms with E-state index < -0.39 is 51.9 Å². The number of benzene rings is 3. The summed E-state index contributed by atoms with van der Waals surface area (Å²) in [6, 6.07) is 14.7. The van der Waals surface area contributed by atoms with Crippen molar-refractivity contribution in [3.05, 3.63) is 94.0 Å². The molecule has 0 aliphatic heterocycles. The molecule has 3 aromatic carbocycles. The van der Waals surface area contributed by atoms with Gasteiger partial charge in [-0.05, 0) is 67.8 Å². The van der Waals surface area contributed by atoms with Crippen molar-refractivity contribution >= 4 is 50.7 Å². The van der Waals surface area contributed by atoms with Crippen LogP contribution in [0.4, 0.5) is 18.9 Å². The predicted octanol–water partition coefficient (Wildman–Crippen LogP) is 6.68. The van der Waals surface area contributed by atoms with E-state index in [0.29, 0.717) is 21.0 Å². The van der Waals surface area contributed by atoms with Crippen molar-refractivity contribution in [1.29, 1.82) is 0 Å². The zero-order chi connectivity index (χ0) is 31.4. The van der Waals surface area contributed by atoms with Crippen LogP contribution in [0.3, 0.4) is 0 Å². The van der Waals surface area contributed by atoms with Crippen molar-refractivity contribution in [2.45, 2.75) is 62.3 Å². The minimum absolute atomic E-state index is 0.0405. The zero-order valence-corrected chi connectivity index (χ0v) is 25.5. The largest absolute Gasteiger partial charge is 0.416 e. The molecule has 0 saturated heterocycles. The smallest absolute Gasteiger partial charge is 0.352 e. The standard InChI is InChI=1S/C30H30Cl2F3N3O4S/c1-20(29(40)36-24-7-5-6-8-24)37(18-21-11-14-23(31)15-12-21)28(39)19-38(43(41,42)25-9-3-2-4-10-25)27-17-22(30(33,34)35)13-16-26(27)32/h2-4,9-17,20,24H,5-8,18-19H2,1H3,(H,36,40)/t20-/m1/s1. The van der Waals surface area contributed by atoms with E-state index in [4.69, 9.17) is 23.2 Å². The third-order valence-corrected chi connectivity index (χ3v) is 9.63. The van der Waals surface area contributed by atoms with Gasteiger partial charge in [0.25, 0.3) is 10.0 Å². The van der Waals surface area contributed by atoms with Gasteiger partial charge >= 0.3 is 6.18 Å². The number of hydrogen-bond donors (Lipinski definition) is 1. The second kappa shape index (κ2) is 13.6. The number of nitrogens with one attached hydrogen (secondary N) is 1. The summed E-state index contributed by atoms with van der Waals surface area (Å²) in [5, 5.41) is 3.09. The molecule has 1 aliphatic rings. The summed E-state index contributed by atoms with van der Waals surface area (Å²) in [6.45, 7) is 0.503. The number of nitrogens with zero attached hydrogens (tertiary/aromatic N) is 2. The Bertz CT molecular complexity index is 1550. The molecule has 0 aromatic heterocycles. The SMILES string of the molecule is C[C@H](C(=O)NC1CCCC1)N(Cc1ccc(Cl)cc1)C(=O)CN(c1cc(C(F)(F)F)ccc1Cl)S(=O)(=O)c1ccccc1. The fourth-order valence-corrected chi connectivity index (χ4v) is 6.72. The summed E-state index contributed by atoms with van der Waals surface area (Å²) in [4.78, 5) is 28.2. The number of anilines is 1. The van der Waals surface area contributed by atoms with Crippen molar-refractivity contribution in [3.63, 3.8) is 0 Å². The van der Waals surface area contributed by atoms with Gasteiger partial charge in [-0.25, -0.2) is 8.42 Å². The lowest BCUT2D eigenvalue weighted by molar-refractivity contribution is -0.139. The fraction of sp³-hybridized carbons (Fsp3) is 0.333. The van der Waals surface area contributed by atoms with Crippen molar-refractivity contribution in [2.75, 3.05) is 10.8 Å². The summed E-state index contributed by atoms with van der Waals surface area (Å²) in [6.07, 6.45) is -1.26. The van der Waals surface area contributed by atoms with Crippen LogP contribution in [0.1, 0.15) is 43.7 Å². The maximum atomic E-state index is 14.0. The van der Waals surface area contributed by atoms with Crippen LogP contribution in [-0.2, 0) is 32.3 Å². The van der Waals surface area contributed by atoms with Gasteiger partial charge in [0, 0.05) is 17.6 Å². The molecule has 0 unspecified atom stereocenters. The first kappa shape index (κ1) is 32.6. The highest BCUT2D eigenvalue weighted by Gasteiger charge is 2.36. The monoisotopic (exact) mass is 655 g/mol. The second-order valence-electron chi connectivity index (χ2n) is 10.3. The summed E-state index contributed by atoms with van der Waals surface area (Å²) >= 11 is 12.3.